The van der Waals surface area contributed by atoms with E-state index in [-0.39, 0.29) is 5.41 Å². The Morgan fingerprint density at radius 2 is 0.911 bits per heavy atom. The van der Waals surface area contributed by atoms with E-state index in [4.69, 9.17) is 0 Å². The van der Waals surface area contributed by atoms with Crippen molar-refractivity contribution < 1.29 is 0 Å². The molecule has 0 bridgehead atoms. The molecule has 1 aliphatic rings. The Hall–Kier alpha value is -6.54. The summed E-state index contributed by atoms with van der Waals surface area (Å²) in [4.78, 5) is 0. The van der Waals surface area contributed by atoms with Crippen molar-refractivity contribution in [2.24, 2.45) is 0 Å². The molecule has 0 spiro atoms. The van der Waals surface area contributed by atoms with Crippen LogP contribution in [0.15, 0.2) is 182 Å². The Labute approximate surface area is 329 Å². The summed E-state index contributed by atoms with van der Waals surface area (Å²) in [6, 6.07) is 68.0. The summed E-state index contributed by atoms with van der Waals surface area (Å²) in [5.74, 6) is 0. The number of benzene rings is 10. The topological polar surface area (TPSA) is 0 Å². The fourth-order valence-electron chi connectivity index (χ4n) is 10.0. The van der Waals surface area contributed by atoms with E-state index in [0.717, 1.165) is 0 Å². The van der Waals surface area contributed by atoms with E-state index >= 15 is 0 Å². The Morgan fingerprint density at radius 3 is 1.62 bits per heavy atom. The van der Waals surface area contributed by atoms with Crippen LogP contribution in [0.1, 0.15) is 25.0 Å². The lowest BCUT2D eigenvalue weighted by atomic mass is 9.81. The zero-order valence-electron chi connectivity index (χ0n) is 31.2. The number of rotatable bonds is 3. The van der Waals surface area contributed by atoms with Gasteiger partial charge in [0.15, 0.2) is 0 Å². The molecule has 12 rings (SSSR count). The normalized spacial score (nSPS) is 13.3. The van der Waals surface area contributed by atoms with E-state index in [1.165, 1.54) is 119 Å². The summed E-state index contributed by atoms with van der Waals surface area (Å²) < 4.78 is 2.79. The summed E-state index contributed by atoms with van der Waals surface area (Å²) >= 11 is 1.96. The van der Waals surface area contributed by atoms with Gasteiger partial charge in [-0.3, -0.25) is 0 Å². The lowest BCUT2D eigenvalue weighted by molar-refractivity contribution is 0.667. The van der Waals surface area contributed by atoms with Gasteiger partial charge in [0.05, 0.1) is 0 Å². The van der Waals surface area contributed by atoms with E-state index in [0.29, 0.717) is 0 Å². The molecule has 0 saturated heterocycles. The first-order valence-corrected chi connectivity index (χ1v) is 20.4. The fraction of sp³-hybridized carbons (Fsp3) is 0.0545. The van der Waals surface area contributed by atoms with Gasteiger partial charge in [-0.25, -0.2) is 0 Å². The lowest BCUT2D eigenvalue weighted by Crippen LogP contribution is -2.15. The van der Waals surface area contributed by atoms with Gasteiger partial charge in [0.2, 0.25) is 0 Å². The maximum atomic E-state index is 2.46. The van der Waals surface area contributed by atoms with Crippen LogP contribution in [-0.4, -0.2) is 0 Å². The quantitative estimate of drug-likeness (QED) is 0.159. The van der Waals surface area contributed by atoms with Gasteiger partial charge in [0.25, 0.3) is 0 Å². The summed E-state index contributed by atoms with van der Waals surface area (Å²) in [6.07, 6.45) is 0. The smallest absolute Gasteiger partial charge is 0.0402 e. The predicted molar refractivity (Wildman–Crippen MR) is 243 cm³/mol. The standard InChI is InChI=1S/C55H36S/c1-55(2)48-32-38(24-26-41(48)46-27-28-47-52-40-15-7-6-12-33(40)25-29-49(52)56-54(47)53(46)55)36-20-21-37-31-39(23-22-35(37)30-36)51-44-18-10-8-16-42(44)50(34-13-4-3-5-14-34)43-17-9-11-19-45(43)51/h3-32H,1-2H3. The molecule has 56 heavy (non-hydrogen) atoms. The lowest BCUT2D eigenvalue weighted by Gasteiger charge is -2.23. The van der Waals surface area contributed by atoms with Crippen LogP contribution < -0.4 is 0 Å². The van der Waals surface area contributed by atoms with Crippen LogP contribution >= 0.6 is 11.3 Å². The molecule has 1 heteroatoms. The average Bonchev–Trinajstić information content (AvgIpc) is 3.74. The van der Waals surface area contributed by atoms with Crippen LogP contribution in [0.3, 0.4) is 0 Å². The van der Waals surface area contributed by atoms with Crippen molar-refractivity contribution in [2.45, 2.75) is 19.3 Å². The molecule has 1 aliphatic carbocycles. The SMILES string of the molecule is CC1(C)c2cc(-c3ccc4cc(-c5c6ccccc6c(-c6ccccc6)c6ccccc56)ccc4c3)ccc2-c2ccc3c(sc4ccc5ccccc5c43)c21. The van der Waals surface area contributed by atoms with Gasteiger partial charge in [0, 0.05) is 25.6 Å². The van der Waals surface area contributed by atoms with Crippen LogP contribution in [-0.2, 0) is 5.41 Å². The summed E-state index contributed by atoms with van der Waals surface area (Å²) in [5.41, 5.74) is 13.1. The van der Waals surface area contributed by atoms with Crippen molar-refractivity contribution in [3.05, 3.63) is 193 Å². The number of hydrogen-bond donors (Lipinski definition) is 0. The Morgan fingerprint density at radius 1 is 0.375 bits per heavy atom. The summed E-state index contributed by atoms with van der Waals surface area (Å²) in [6.45, 7) is 4.84. The molecular formula is C55H36S. The maximum absolute atomic E-state index is 2.46. The van der Waals surface area contributed by atoms with Crippen molar-refractivity contribution in [3.63, 3.8) is 0 Å². The van der Waals surface area contributed by atoms with Gasteiger partial charge in [-0.2, -0.15) is 0 Å². The molecule has 0 amide bonds. The van der Waals surface area contributed by atoms with E-state index in [1.54, 1.807) is 0 Å². The molecule has 0 fully saturated rings. The number of fused-ring (bicyclic) bond motifs is 12. The van der Waals surface area contributed by atoms with E-state index in [2.05, 4.69) is 196 Å². The van der Waals surface area contributed by atoms with Crippen molar-refractivity contribution in [1.29, 1.82) is 0 Å². The van der Waals surface area contributed by atoms with Crippen molar-refractivity contribution in [2.75, 3.05) is 0 Å². The fourth-order valence-corrected chi connectivity index (χ4v) is 11.4. The first-order valence-electron chi connectivity index (χ1n) is 19.6. The summed E-state index contributed by atoms with van der Waals surface area (Å²) in [7, 11) is 0. The molecule has 0 radical (unpaired) electrons. The molecule has 1 heterocycles. The van der Waals surface area contributed by atoms with Crippen molar-refractivity contribution >= 4 is 74.6 Å². The van der Waals surface area contributed by atoms with Gasteiger partial charge in [-0.05, 0) is 123 Å². The zero-order valence-corrected chi connectivity index (χ0v) is 32.0. The molecule has 262 valence electrons. The molecule has 11 aromatic rings. The maximum Gasteiger partial charge on any atom is 0.0402 e. The molecule has 0 aliphatic heterocycles. The molecular weight excluding hydrogens is 693 g/mol. The predicted octanol–water partition coefficient (Wildman–Crippen LogP) is 16.0. The second kappa shape index (κ2) is 11.7. The van der Waals surface area contributed by atoms with Gasteiger partial charge in [0.1, 0.15) is 0 Å². The van der Waals surface area contributed by atoms with Crippen LogP contribution in [0.2, 0.25) is 0 Å². The molecule has 0 saturated carbocycles. The van der Waals surface area contributed by atoms with Crippen LogP contribution in [0.25, 0.3) is 108 Å². The molecule has 0 unspecified atom stereocenters. The highest BCUT2D eigenvalue weighted by molar-refractivity contribution is 7.26. The largest absolute Gasteiger partial charge is 0.135 e. The van der Waals surface area contributed by atoms with Gasteiger partial charge < -0.3 is 0 Å². The molecule has 10 aromatic carbocycles. The number of thiophene rings is 1. The minimum Gasteiger partial charge on any atom is -0.135 e. The van der Waals surface area contributed by atoms with Crippen LogP contribution in [0.4, 0.5) is 0 Å². The zero-order chi connectivity index (χ0) is 37.1. The van der Waals surface area contributed by atoms with Crippen molar-refractivity contribution in [3.8, 4) is 44.5 Å². The van der Waals surface area contributed by atoms with E-state index in [9.17, 15) is 0 Å². The monoisotopic (exact) mass is 728 g/mol. The third-order valence-corrected chi connectivity index (χ3v) is 13.8. The minimum atomic E-state index is -0.121. The van der Waals surface area contributed by atoms with Crippen LogP contribution in [0, 0.1) is 0 Å². The first-order chi connectivity index (χ1) is 27.5. The first kappa shape index (κ1) is 31.8. The van der Waals surface area contributed by atoms with Gasteiger partial charge in [-0.1, -0.05) is 172 Å². The van der Waals surface area contributed by atoms with E-state index < -0.39 is 0 Å². The van der Waals surface area contributed by atoms with Gasteiger partial charge >= 0.3 is 0 Å². The minimum absolute atomic E-state index is 0.121. The second-order valence-corrected chi connectivity index (χ2v) is 17.0. The number of hydrogen-bond acceptors (Lipinski definition) is 1. The molecule has 0 atom stereocenters. The van der Waals surface area contributed by atoms with Crippen LogP contribution in [0.5, 0.6) is 0 Å². The Bertz CT molecular complexity index is 3380. The molecule has 1 aromatic heterocycles. The summed E-state index contributed by atoms with van der Waals surface area (Å²) in [5, 5.41) is 13.1. The average molecular weight is 729 g/mol. The third-order valence-electron chi connectivity index (χ3n) is 12.6. The highest BCUT2D eigenvalue weighted by atomic mass is 32.1. The third kappa shape index (κ3) is 4.47. The van der Waals surface area contributed by atoms with E-state index in [1.807, 2.05) is 11.3 Å². The molecule has 0 N–H and O–H groups in total. The Balaban J connectivity index is 0.962. The Kier molecular flexibility index (Phi) is 6.66. The molecule has 0 nitrogen and oxygen atoms in total. The highest BCUT2D eigenvalue weighted by Gasteiger charge is 2.38. The van der Waals surface area contributed by atoms with Crippen molar-refractivity contribution in [1.82, 2.24) is 0 Å². The van der Waals surface area contributed by atoms with Gasteiger partial charge in [-0.15, -0.1) is 11.3 Å². The second-order valence-electron chi connectivity index (χ2n) is 16.0. The highest BCUT2D eigenvalue weighted by Crippen LogP contribution is 2.55.